The van der Waals surface area contributed by atoms with Gasteiger partial charge in [-0.15, -0.1) is 11.3 Å². The lowest BCUT2D eigenvalue weighted by Crippen LogP contribution is -2.56. The number of aromatic nitrogens is 2. The Hall–Kier alpha value is -3.26. The first-order chi connectivity index (χ1) is 15.5. The van der Waals surface area contributed by atoms with Crippen molar-refractivity contribution in [1.29, 1.82) is 0 Å². The lowest BCUT2D eigenvalue weighted by Gasteiger charge is -2.37. The summed E-state index contributed by atoms with van der Waals surface area (Å²) in [7, 11) is 0. The fourth-order valence-electron chi connectivity index (χ4n) is 3.74. The normalized spacial score (nSPS) is 15.0. The number of nitrogens with zero attached hydrogens (tertiary/aromatic N) is 4. The maximum absolute atomic E-state index is 13.2. The van der Waals surface area contributed by atoms with Crippen LogP contribution in [-0.2, 0) is 4.79 Å². The second-order valence-electron chi connectivity index (χ2n) is 8.09. The lowest BCUT2D eigenvalue weighted by atomic mass is 10.0. The third-order valence-electron chi connectivity index (χ3n) is 5.55. The van der Waals surface area contributed by atoms with E-state index in [1.165, 1.54) is 11.3 Å². The summed E-state index contributed by atoms with van der Waals surface area (Å²) in [5.41, 5.74) is 0.976. The molecule has 1 N–H and O–H groups in total. The first-order valence-corrected chi connectivity index (χ1v) is 11.7. The van der Waals surface area contributed by atoms with Crippen LogP contribution in [0.3, 0.4) is 0 Å². The van der Waals surface area contributed by atoms with Crippen molar-refractivity contribution < 1.29 is 9.59 Å². The minimum absolute atomic E-state index is 0.000244. The van der Waals surface area contributed by atoms with E-state index < -0.39 is 6.04 Å². The van der Waals surface area contributed by atoms with E-state index in [9.17, 15) is 9.59 Å². The number of benzene rings is 1. The Bertz CT molecular complexity index is 1050. The van der Waals surface area contributed by atoms with Crippen molar-refractivity contribution in [2.24, 2.45) is 5.92 Å². The molecule has 0 bridgehead atoms. The van der Waals surface area contributed by atoms with Crippen molar-refractivity contribution in [2.45, 2.75) is 19.9 Å². The average Bonchev–Trinajstić information content (AvgIpc) is 3.38. The highest BCUT2D eigenvalue weighted by Gasteiger charge is 2.31. The standard InChI is InChI=1S/C24H27N5O2S/c1-17(2)21(27-23(30)19-9-6-16-32-19)24(31)29-14-12-28(13-15-29)20-10-11-25-22(26-20)18-7-4-3-5-8-18/h3-11,16-17,21H,12-15H2,1-2H3,(H,27,30). The molecular weight excluding hydrogens is 422 g/mol. The van der Waals surface area contributed by atoms with Crippen LogP contribution in [-0.4, -0.2) is 58.9 Å². The van der Waals surface area contributed by atoms with Gasteiger partial charge in [-0.25, -0.2) is 9.97 Å². The Labute approximate surface area is 192 Å². The minimum Gasteiger partial charge on any atom is -0.353 e. The van der Waals surface area contributed by atoms with E-state index in [2.05, 4.69) is 15.2 Å². The molecule has 0 spiro atoms. The highest BCUT2D eigenvalue weighted by atomic mass is 32.1. The van der Waals surface area contributed by atoms with E-state index >= 15 is 0 Å². The van der Waals surface area contributed by atoms with Gasteiger partial charge in [0, 0.05) is 37.9 Å². The van der Waals surface area contributed by atoms with Gasteiger partial charge in [0.25, 0.3) is 5.91 Å². The molecule has 2 amide bonds. The van der Waals surface area contributed by atoms with Crippen molar-refractivity contribution in [3.8, 4) is 11.4 Å². The predicted octanol–water partition coefficient (Wildman–Crippen LogP) is 3.31. The molecule has 0 saturated carbocycles. The molecular formula is C24H27N5O2S. The van der Waals surface area contributed by atoms with Gasteiger partial charge in [0.2, 0.25) is 5.91 Å². The summed E-state index contributed by atoms with van der Waals surface area (Å²) in [6, 6.07) is 14.9. The fraction of sp³-hybridized carbons (Fsp3) is 0.333. The first-order valence-electron chi connectivity index (χ1n) is 10.8. The van der Waals surface area contributed by atoms with Crippen LogP contribution in [0.25, 0.3) is 11.4 Å². The van der Waals surface area contributed by atoms with Crippen LogP contribution in [0.2, 0.25) is 0 Å². The first kappa shape index (κ1) is 22.0. The van der Waals surface area contributed by atoms with Crippen LogP contribution in [0, 0.1) is 5.92 Å². The van der Waals surface area contributed by atoms with Gasteiger partial charge in [-0.2, -0.15) is 0 Å². The van der Waals surface area contributed by atoms with Crippen LogP contribution < -0.4 is 10.2 Å². The molecule has 1 aliphatic heterocycles. The van der Waals surface area contributed by atoms with Gasteiger partial charge in [-0.1, -0.05) is 50.2 Å². The topological polar surface area (TPSA) is 78.4 Å². The van der Waals surface area contributed by atoms with Crippen LogP contribution in [0.4, 0.5) is 5.82 Å². The van der Waals surface area contributed by atoms with Crippen LogP contribution >= 0.6 is 11.3 Å². The van der Waals surface area contributed by atoms with Crippen LogP contribution in [0.15, 0.2) is 60.1 Å². The Morgan fingerprint density at radius 2 is 1.75 bits per heavy atom. The van der Waals surface area contributed by atoms with Crippen molar-refractivity contribution in [1.82, 2.24) is 20.2 Å². The number of piperazine rings is 1. The number of anilines is 1. The molecule has 0 radical (unpaired) electrons. The predicted molar refractivity (Wildman–Crippen MR) is 127 cm³/mol. The number of thiophene rings is 1. The van der Waals surface area contributed by atoms with Crippen molar-refractivity contribution in [3.63, 3.8) is 0 Å². The zero-order chi connectivity index (χ0) is 22.5. The van der Waals surface area contributed by atoms with Crippen LogP contribution in [0.5, 0.6) is 0 Å². The molecule has 3 aromatic rings. The van der Waals surface area contributed by atoms with Gasteiger partial charge in [0.1, 0.15) is 11.9 Å². The number of rotatable bonds is 6. The second-order valence-corrected chi connectivity index (χ2v) is 9.04. The summed E-state index contributed by atoms with van der Waals surface area (Å²) < 4.78 is 0. The van der Waals surface area contributed by atoms with Gasteiger partial charge < -0.3 is 15.1 Å². The molecule has 166 valence electrons. The molecule has 1 aromatic carbocycles. The number of hydrogen-bond acceptors (Lipinski definition) is 6. The number of carbonyl (C=O) groups excluding carboxylic acids is 2. The van der Waals surface area contributed by atoms with Gasteiger partial charge in [0.05, 0.1) is 4.88 Å². The fourth-order valence-corrected chi connectivity index (χ4v) is 4.36. The summed E-state index contributed by atoms with van der Waals surface area (Å²) in [5.74, 6) is 1.33. The molecule has 32 heavy (non-hydrogen) atoms. The summed E-state index contributed by atoms with van der Waals surface area (Å²) in [4.78, 5) is 39.5. The SMILES string of the molecule is CC(C)C(NC(=O)c1cccs1)C(=O)N1CCN(c2ccnc(-c3ccccc3)n2)CC1. The second kappa shape index (κ2) is 9.91. The van der Waals surface area contributed by atoms with Crippen LogP contribution in [0.1, 0.15) is 23.5 Å². The molecule has 8 heteroatoms. The lowest BCUT2D eigenvalue weighted by molar-refractivity contribution is -0.134. The third kappa shape index (κ3) is 4.96. The molecule has 2 aromatic heterocycles. The van der Waals surface area contributed by atoms with Crippen molar-refractivity contribution in [2.75, 3.05) is 31.1 Å². The summed E-state index contributed by atoms with van der Waals surface area (Å²) >= 11 is 1.37. The number of amides is 2. The zero-order valence-corrected chi connectivity index (χ0v) is 19.1. The molecule has 3 heterocycles. The summed E-state index contributed by atoms with van der Waals surface area (Å²) in [6.07, 6.45) is 1.77. The molecule has 4 rings (SSSR count). The molecule has 0 aliphatic carbocycles. The van der Waals surface area contributed by atoms with E-state index in [4.69, 9.17) is 4.98 Å². The highest BCUT2D eigenvalue weighted by molar-refractivity contribution is 7.12. The molecule has 1 saturated heterocycles. The molecule has 1 aliphatic rings. The molecule has 7 nitrogen and oxygen atoms in total. The summed E-state index contributed by atoms with van der Waals surface area (Å²) in [6.45, 7) is 6.45. The molecule has 1 atom stereocenters. The highest BCUT2D eigenvalue weighted by Crippen LogP contribution is 2.20. The van der Waals surface area contributed by atoms with Crippen molar-refractivity contribution >= 4 is 29.0 Å². The number of nitrogens with one attached hydrogen (secondary N) is 1. The van der Waals surface area contributed by atoms with E-state index in [0.29, 0.717) is 36.9 Å². The van der Waals surface area contributed by atoms with E-state index in [0.717, 1.165) is 11.4 Å². The Balaban J connectivity index is 1.39. The maximum atomic E-state index is 13.2. The smallest absolute Gasteiger partial charge is 0.262 e. The Morgan fingerprint density at radius 3 is 2.41 bits per heavy atom. The monoisotopic (exact) mass is 449 g/mol. The van der Waals surface area contributed by atoms with E-state index in [-0.39, 0.29) is 17.7 Å². The van der Waals surface area contributed by atoms with Crippen molar-refractivity contribution in [3.05, 3.63) is 65.0 Å². The van der Waals surface area contributed by atoms with Gasteiger partial charge in [-0.3, -0.25) is 9.59 Å². The average molecular weight is 450 g/mol. The molecule has 1 fully saturated rings. The number of carbonyl (C=O) groups is 2. The number of hydrogen-bond donors (Lipinski definition) is 1. The Morgan fingerprint density at radius 1 is 1.00 bits per heavy atom. The third-order valence-corrected chi connectivity index (χ3v) is 6.42. The maximum Gasteiger partial charge on any atom is 0.262 e. The van der Waals surface area contributed by atoms with Gasteiger partial charge >= 0.3 is 0 Å². The zero-order valence-electron chi connectivity index (χ0n) is 18.3. The quantitative estimate of drug-likeness (QED) is 0.625. The van der Waals surface area contributed by atoms with Gasteiger partial charge in [-0.05, 0) is 23.4 Å². The van der Waals surface area contributed by atoms with Gasteiger partial charge in [0.15, 0.2) is 5.82 Å². The largest absolute Gasteiger partial charge is 0.353 e. The molecule has 1 unspecified atom stereocenters. The van der Waals surface area contributed by atoms with E-state index in [1.807, 2.05) is 66.6 Å². The van der Waals surface area contributed by atoms with E-state index in [1.54, 1.807) is 12.3 Å². The minimum atomic E-state index is -0.542. The summed E-state index contributed by atoms with van der Waals surface area (Å²) in [5, 5.41) is 4.79. The Kier molecular flexibility index (Phi) is 6.80.